The third kappa shape index (κ3) is 4.33. The van der Waals surface area contributed by atoms with Crippen molar-refractivity contribution in [1.29, 1.82) is 0 Å². The van der Waals surface area contributed by atoms with Crippen LogP contribution in [0.2, 0.25) is 0 Å². The number of amides is 1. The van der Waals surface area contributed by atoms with E-state index in [2.05, 4.69) is 10.8 Å². The third-order valence-electron chi connectivity index (χ3n) is 4.65. The van der Waals surface area contributed by atoms with Gasteiger partial charge in [-0.05, 0) is 56.1 Å². The Morgan fingerprint density at radius 3 is 2.87 bits per heavy atom. The summed E-state index contributed by atoms with van der Waals surface area (Å²) in [6, 6.07) is 2.08. The van der Waals surface area contributed by atoms with Crippen LogP contribution in [0.1, 0.15) is 45.8 Å². The van der Waals surface area contributed by atoms with Crippen molar-refractivity contribution < 1.29 is 13.2 Å². The second-order valence-corrected chi connectivity index (χ2v) is 9.62. The first-order chi connectivity index (χ1) is 10.9. The number of hydrogen-bond acceptors (Lipinski definition) is 4. The van der Waals surface area contributed by atoms with Crippen LogP contribution in [0, 0.1) is 5.92 Å². The van der Waals surface area contributed by atoms with Crippen molar-refractivity contribution in [2.24, 2.45) is 5.92 Å². The van der Waals surface area contributed by atoms with Crippen LogP contribution in [0.4, 0.5) is 0 Å². The van der Waals surface area contributed by atoms with E-state index >= 15 is 0 Å². The van der Waals surface area contributed by atoms with Gasteiger partial charge in [0.25, 0.3) is 5.91 Å². The van der Waals surface area contributed by atoms with E-state index in [0.717, 1.165) is 37.1 Å². The van der Waals surface area contributed by atoms with Gasteiger partial charge in [0.05, 0.1) is 11.1 Å². The van der Waals surface area contributed by atoms with Crippen LogP contribution in [-0.2, 0) is 22.9 Å². The third-order valence-corrected chi connectivity index (χ3v) is 6.56. The molecule has 0 bridgehead atoms. The Morgan fingerprint density at radius 2 is 2.13 bits per heavy atom. The zero-order valence-corrected chi connectivity index (χ0v) is 15.1. The van der Waals surface area contributed by atoms with Crippen LogP contribution < -0.4 is 4.72 Å². The van der Waals surface area contributed by atoms with Gasteiger partial charge in [0.15, 0.2) is 0 Å². The molecule has 7 heteroatoms. The molecule has 1 atom stereocenters. The molecule has 1 amide bonds. The van der Waals surface area contributed by atoms with Crippen molar-refractivity contribution in [3.05, 3.63) is 21.4 Å². The van der Waals surface area contributed by atoms with Gasteiger partial charge in [-0.1, -0.05) is 0 Å². The number of sulfonamides is 1. The Balaban J connectivity index is 1.63. The lowest BCUT2D eigenvalue weighted by atomic mass is 9.97. The zero-order chi connectivity index (χ0) is 16.4. The van der Waals surface area contributed by atoms with Gasteiger partial charge in [-0.25, -0.2) is 13.1 Å². The summed E-state index contributed by atoms with van der Waals surface area (Å²) >= 11 is 1.65. The lowest BCUT2D eigenvalue weighted by Gasteiger charge is -2.32. The van der Waals surface area contributed by atoms with Crippen LogP contribution in [0.25, 0.3) is 0 Å². The highest BCUT2D eigenvalue weighted by molar-refractivity contribution is 7.88. The number of nitrogens with zero attached hydrogens (tertiary/aromatic N) is 1. The highest BCUT2D eigenvalue weighted by atomic mass is 32.2. The monoisotopic (exact) mass is 356 g/mol. The maximum atomic E-state index is 12.8. The van der Waals surface area contributed by atoms with E-state index in [4.69, 9.17) is 0 Å². The van der Waals surface area contributed by atoms with Gasteiger partial charge in [0.2, 0.25) is 10.0 Å². The van der Waals surface area contributed by atoms with Gasteiger partial charge in [-0.2, -0.15) is 0 Å². The topological polar surface area (TPSA) is 66.5 Å². The Morgan fingerprint density at radius 1 is 1.35 bits per heavy atom. The van der Waals surface area contributed by atoms with E-state index < -0.39 is 10.0 Å². The van der Waals surface area contributed by atoms with Crippen LogP contribution >= 0.6 is 11.3 Å². The first-order valence-electron chi connectivity index (χ1n) is 8.28. The first kappa shape index (κ1) is 16.9. The van der Waals surface area contributed by atoms with Crippen molar-refractivity contribution in [1.82, 2.24) is 9.62 Å². The van der Waals surface area contributed by atoms with Crippen LogP contribution in [0.5, 0.6) is 0 Å². The average Bonchev–Trinajstić information content (AvgIpc) is 2.96. The highest BCUT2D eigenvalue weighted by Gasteiger charge is 2.27. The van der Waals surface area contributed by atoms with Crippen molar-refractivity contribution in [2.45, 2.75) is 38.5 Å². The minimum Gasteiger partial charge on any atom is -0.338 e. The summed E-state index contributed by atoms with van der Waals surface area (Å²) in [4.78, 5) is 16.9. The molecule has 1 aromatic rings. The van der Waals surface area contributed by atoms with Crippen molar-refractivity contribution in [2.75, 3.05) is 25.9 Å². The molecule has 0 saturated carbocycles. The molecule has 23 heavy (non-hydrogen) atoms. The van der Waals surface area contributed by atoms with E-state index in [9.17, 15) is 13.2 Å². The molecule has 1 aromatic heterocycles. The lowest BCUT2D eigenvalue weighted by Crippen LogP contribution is -2.43. The molecule has 1 aliphatic heterocycles. The fourth-order valence-corrected chi connectivity index (χ4v) is 5.20. The zero-order valence-electron chi connectivity index (χ0n) is 13.5. The summed E-state index contributed by atoms with van der Waals surface area (Å²) in [5.41, 5.74) is 1.36. The van der Waals surface area contributed by atoms with Crippen molar-refractivity contribution in [3.63, 3.8) is 0 Å². The Bertz CT molecular complexity index is 658. The second-order valence-electron chi connectivity index (χ2n) is 6.65. The number of carbonyl (C=O) groups excluding carboxylic acids is 1. The number of fused-ring (bicyclic) bond motifs is 1. The number of piperidine rings is 1. The number of nitrogens with one attached hydrogen (secondary N) is 1. The summed E-state index contributed by atoms with van der Waals surface area (Å²) in [5, 5.41) is 0. The Kier molecular flexibility index (Phi) is 5.08. The number of thiophene rings is 1. The molecule has 0 unspecified atom stereocenters. The minimum absolute atomic E-state index is 0.119. The van der Waals surface area contributed by atoms with E-state index in [0.29, 0.717) is 13.1 Å². The largest absolute Gasteiger partial charge is 0.338 e. The SMILES string of the molecule is CS(=O)(=O)NC[C@@H]1CCCN(C(=O)c2cc3c(s2)CCCC3)C1. The number of carbonyl (C=O) groups is 1. The molecule has 5 nitrogen and oxygen atoms in total. The smallest absolute Gasteiger partial charge is 0.263 e. The molecule has 1 saturated heterocycles. The van der Waals surface area contributed by atoms with Gasteiger partial charge < -0.3 is 4.90 Å². The fourth-order valence-electron chi connectivity index (χ4n) is 3.44. The molecule has 3 rings (SSSR count). The lowest BCUT2D eigenvalue weighted by molar-refractivity contribution is 0.0681. The van der Waals surface area contributed by atoms with Gasteiger partial charge in [-0.15, -0.1) is 11.3 Å². The Hall–Kier alpha value is -0.920. The normalized spacial score (nSPS) is 22.0. The predicted molar refractivity (Wildman–Crippen MR) is 92.4 cm³/mol. The van der Waals surface area contributed by atoms with Gasteiger partial charge in [0.1, 0.15) is 0 Å². The number of hydrogen-bond donors (Lipinski definition) is 1. The van der Waals surface area contributed by atoms with Crippen molar-refractivity contribution in [3.8, 4) is 0 Å². The molecule has 2 heterocycles. The molecule has 1 fully saturated rings. The maximum absolute atomic E-state index is 12.8. The van der Waals surface area contributed by atoms with Gasteiger partial charge >= 0.3 is 0 Å². The summed E-state index contributed by atoms with van der Waals surface area (Å²) in [5.74, 6) is 0.325. The maximum Gasteiger partial charge on any atom is 0.263 e. The van der Waals surface area contributed by atoms with Crippen LogP contribution in [-0.4, -0.2) is 45.1 Å². The molecule has 0 radical (unpaired) electrons. The van der Waals surface area contributed by atoms with E-state index in [1.807, 2.05) is 4.90 Å². The van der Waals surface area contributed by atoms with Crippen LogP contribution in [0.15, 0.2) is 6.07 Å². The Labute approximate surface area is 142 Å². The second kappa shape index (κ2) is 6.91. The summed E-state index contributed by atoms with van der Waals surface area (Å²) < 4.78 is 25.0. The van der Waals surface area contributed by atoms with Gasteiger partial charge in [0, 0.05) is 24.5 Å². The summed E-state index contributed by atoms with van der Waals surface area (Å²) in [6.45, 7) is 1.84. The number of aryl methyl sites for hydroxylation is 2. The number of likely N-dealkylation sites (tertiary alicyclic amines) is 1. The molecule has 0 aromatic carbocycles. The molecule has 1 aliphatic carbocycles. The first-order valence-corrected chi connectivity index (χ1v) is 11.0. The molecule has 2 aliphatic rings. The fraction of sp³-hybridized carbons (Fsp3) is 0.688. The predicted octanol–water partition coefficient (Wildman–Crippen LogP) is 2.03. The molecule has 1 N–H and O–H groups in total. The molecular weight excluding hydrogens is 332 g/mol. The van der Waals surface area contributed by atoms with Gasteiger partial charge in [-0.3, -0.25) is 4.79 Å². The summed E-state index contributed by atoms with van der Waals surface area (Å²) in [6.07, 6.45) is 7.73. The number of rotatable bonds is 4. The van der Waals surface area contributed by atoms with E-state index in [1.165, 1.54) is 29.5 Å². The van der Waals surface area contributed by atoms with E-state index in [-0.39, 0.29) is 11.8 Å². The summed E-state index contributed by atoms with van der Waals surface area (Å²) in [7, 11) is -3.17. The van der Waals surface area contributed by atoms with Crippen molar-refractivity contribution >= 4 is 27.3 Å². The molecule has 128 valence electrons. The standard InChI is InChI=1S/C16H24N2O3S2/c1-23(20,21)17-10-12-5-4-8-18(11-12)16(19)15-9-13-6-2-3-7-14(13)22-15/h9,12,17H,2-8,10-11H2,1H3/t12-/m0/s1. The highest BCUT2D eigenvalue weighted by Crippen LogP contribution is 2.31. The van der Waals surface area contributed by atoms with Crippen LogP contribution in [0.3, 0.4) is 0 Å². The minimum atomic E-state index is -3.17. The molecular formula is C16H24N2O3S2. The quantitative estimate of drug-likeness (QED) is 0.898. The van der Waals surface area contributed by atoms with E-state index in [1.54, 1.807) is 11.3 Å². The molecule has 0 spiro atoms. The average molecular weight is 357 g/mol.